The van der Waals surface area contributed by atoms with E-state index in [-0.39, 0.29) is 0 Å². The maximum atomic E-state index is 8.90. The molecule has 0 amide bonds. The van der Waals surface area contributed by atoms with Crippen LogP contribution >= 0.6 is 15.9 Å². The molecule has 13 heavy (non-hydrogen) atoms. The molecule has 6 heteroatoms. The molecule has 0 spiro atoms. The predicted octanol–water partition coefficient (Wildman–Crippen LogP) is 0.00520. The number of hydrogen-bond acceptors (Lipinski definition) is 3. The Morgan fingerprint density at radius 1 is 1.46 bits per heavy atom. The maximum Gasteiger partial charge on any atom is 0.505 e. The number of rotatable bonds is 1. The van der Waals surface area contributed by atoms with Crippen molar-refractivity contribution < 1.29 is 10.0 Å². The molecule has 4 nitrogen and oxygen atoms in total. The second kappa shape index (κ2) is 3.14. The van der Waals surface area contributed by atoms with Gasteiger partial charge in [-0.2, -0.15) is 0 Å². The topological polar surface area (TPSA) is 69.1 Å². The fraction of sp³-hybridized carbons (Fsp3) is 0. The van der Waals surface area contributed by atoms with Crippen LogP contribution in [0.4, 0.5) is 0 Å². The van der Waals surface area contributed by atoms with Crippen molar-refractivity contribution in [1.82, 2.24) is 9.97 Å². The minimum absolute atomic E-state index is 0.365. The van der Waals surface area contributed by atoms with Gasteiger partial charge in [0.15, 0.2) is 0 Å². The lowest BCUT2D eigenvalue weighted by atomic mass is 9.87. The summed E-state index contributed by atoms with van der Waals surface area (Å²) in [6.07, 6.45) is 1.64. The first kappa shape index (κ1) is 8.74. The molecule has 0 fully saturated rings. The molecular formula is C7H6BBrN2O2. The number of aromatic amines is 1. The first-order chi connectivity index (χ1) is 6.18. The van der Waals surface area contributed by atoms with E-state index in [0.29, 0.717) is 10.2 Å². The molecule has 0 aliphatic heterocycles. The van der Waals surface area contributed by atoms with Crippen LogP contribution in [0.3, 0.4) is 0 Å². The van der Waals surface area contributed by atoms with Gasteiger partial charge in [-0.05, 0) is 28.1 Å². The summed E-state index contributed by atoms with van der Waals surface area (Å²) in [6.45, 7) is 0. The average Bonchev–Trinajstić information content (AvgIpc) is 2.49. The lowest BCUT2D eigenvalue weighted by molar-refractivity contribution is 0.424. The predicted molar refractivity (Wildman–Crippen MR) is 53.6 cm³/mol. The molecule has 3 N–H and O–H groups in total. The van der Waals surface area contributed by atoms with Crippen LogP contribution in [0.25, 0.3) is 10.9 Å². The summed E-state index contributed by atoms with van der Waals surface area (Å²) >= 11 is 3.26. The van der Waals surface area contributed by atoms with Crippen LogP contribution in [-0.4, -0.2) is 27.1 Å². The first-order valence-corrected chi connectivity index (χ1v) is 4.47. The van der Waals surface area contributed by atoms with Crippen LogP contribution in [0.2, 0.25) is 0 Å². The summed E-state index contributed by atoms with van der Waals surface area (Å²) in [4.78, 5) is 6.88. The Morgan fingerprint density at radius 3 is 2.85 bits per heavy atom. The van der Waals surface area contributed by atoms with Crippen molar-refractivity contribution in [2.24, 2.45) is 0 Å². The van der Waals surface area contributed by atoms with Crippen molar-refractivity contribution in [2.45, 2.75) is 0 Å². The summed E-state index contributed by atoms with van der Waals surface area (Å²) in [6, 6.07) is 3.42. The molecule has 0 aliphatic rings. The molecule has 0 aromatic carbocycles. The number of pyridine rings is 1. The van der Waals surface area contributed by atoms with Gasteiger partial charge in [-0.3, -0.25) is 0 Å². The molecular weight excluding hydrogens is 235 g/mol. The van der Waals surface area contributed by atoms with Gasteiger partial charge in [0, 0.05) is 22.7 Å². The Kier molecular flexibility index (Phi) is 2.11. The van der Waals surface area contributed by atoms with Gasteiger partial charge in [-0.1, -0.05) is 0 Å². The molecule has 0 aliphatic carbocycles. The van der Waals surface area contributed by atoms with E-state index in [1.54, 1.807) is 18.3 Å². The number of hydrogen-bond donors (Lipinski definition) is 3. The highest BCUT2D eigenvalue weighted by atomic mass is 79.9. The van der Waals surface area contributed by atoms with Gasteiger partial charge in [-0.15, -0.1) is 0 Å². The number of halogens is 1. The Balaban J connectivity index is 2.68. The van der Waals surface area contributed by atoms with Crippen molar-refractivity contribution in [3.63, 3.8) is 0 Å². The van der Waals surface area contributed by atoms with Crippen LogP contribution in [-0.2, 0) is 0 Å². The quantitative estimate of drug-likeness (QED) is 0.486. The molecule has 0 unspecified atom stereocenters. The smallest absolute Gasteiger partial charge is 0.422 e. The third-order valence-electron chi connectivity index (χ3n) is 1.80. The van der Waals surface area contributed by atoms with Crippen LogP contribution in [0.5, 0.6) is 0 Å². The Hall–Kier alpha value is -0.845. The van der Waals surface area contributed by atoms with Gasteiger partial charge in [0.25, 0.3) is 0 Å². The van der Waals surface area contributed by atoms with Crippen molar-refractivity contribution in [3.8, 4) is 0 Å². The van der Waals surface area contributed by atoms with Crippen molar-refractivity contribution in [1.29, 1.82) is 0 Å². The minimum Gasteiger partial charge on any atom is -0.422 e. The number of fused-ring (bicyclic) bond motifs is 1. The molecule has 0 saturated carbocycles. The van der Waals surface area contributed by atoms with Gasteiger partial charge in [0.05, 0.1) is 0 Å². The van der Waals surface area contributed by atoms with Gasteiger partial charge in [0.2, 0.25) is 0 Å². The van der Waals surface area contributed by atoms with E-state index in [1.807, 2.05) is 0 Å². The van der Waals surface area contributed by atoms with E-state index < -0.39 is 7.12 Å². The van der Waals surface area contributed by atoms with Crippen LogP contribution in [0.1, 0.15) is 0 Å². The zero-order valence-corrected chi connectivity index (χ0v) is 8.12. The van der Waals surface area contributed by atoms with Crippen molar-refractivity contribution in [2.75, 3.05) is 0 Å². The standard InChI is InChI=1S/C7H6BBrN2O2/c9-7-4-3-6(8(12)13)11-5(4)1-2-10-7/h1-3,11-13H. The molecule has 66 valence electrons. The molecule has 2 aromatic heterocycles. The fourth-order valence-corrected chi connectivity index (χ4v) is 1.63. The summed E-state index contributed by atoms with van der Waals surface area (Å²) in [5.41, 5.74) is 1.19. The van der Waals surface area contributed by atoms with E-state index in [0.717, 1.165) is 10.9 Å². The summed E-state index contributed by atoms with van der Waals surface area (Å²) in [5, 5.41) is 18.6. The molecule has 0 saturated heterocycles. The third kappa shape index (κ3) is 1.48. The second-order valence-corrected chi connectivity index (χ2v) is 3.41. The average molecular weight is 241 g/mol. The molecule has 2 heterocycles. The highest BCUT2D eigenvalue weighted by molar-refractivity contribution is 9.10. The SMILES string of the molecule is OB(O)c1cc2c(Br)nccc2[nH]1. The number of aromatic nitrogens is 2. The van der Waals surface area contributed by atoms with Gasteiger partial charge < -0.3 is 15.0 Å². The van der Waals surface area contributed by atoms with E-state index in [1.165, 1.54) is 0 Å². The lowest BCUT2D eigenvalue weighted by Gasteiger charge is -1.90. The zero-order chi connectivity index (χ0) is 9.42. The summed E-state index contributed by atoms with van der Waals surface area (Å²) in [7, 11) is -1.47. The Morgan fingerprint density at radius 2 is 2.23 bits per heavy atom. The number of H-pyrrole nitrogens is 1. The van der Waals surface area contributed by atoms with Gasteiger partial charge in [0.1, 0.15) is 4.60 Å². The molecule has 0 atom stereocenters. The highest BCUT2D eigenvalue weighted by Crippen LogP contribution is 2.18. The molecule has 0 bridgehead atoms. The van der Waals surface area contributed by atoms with Crippen LogP contribution in [0, 0.1) is 0 Å². The first-order valence-electron chi connectivity index (χ1n) is 3.68. The van der Waals surface area contributed by atoms with Gasteiger partial charge in [-0.25, -0.2) is 4.98 Å². The van der Waals surface area contributed by atoms with E-state index >= 15 is 0 Å². The highest BCUT2D eigenvalue weighted by Gasteiger charge is 2.14. The maximum absolute atomic E-state index is 8.90. The minimum atomic E-state index is -1.47. The van der Waals surface area contributed by atoms with E-state index in [9.17, 15) is 0 Å². The van der Waals surface area contributed by atoms with Crippen molar-refractivity contribution in [3.05, 3.63) is 22.9 Å². The van der Waals surface area contributed by atoms with Crippen LogP contribution < -0.4 is 5.59 Å². The summed E-state index contributed by atoms with van der Waals surface area (Å²) in [5.74, 6) is 0. The van der Waals surface area contributed by atoms with E-state index in [4.69, 9.17) is 10.0 Å². The molecule has 2 aromatic rings. The number of nitrogens with zero attached hydrogens (tertiary/aromatic N) is 1. The van der Waals surface area contributed by atoms with Crippen LogP contribution in [0.15, 0.2) is 22.9 Å². The monoisotopic (exact) mass is 240 g/mol. The Labute approximate surface area is 82.9 Å². The van der Waals surface area contributed by atoms with E-state index in [2.05, 4.69) is 25.9 Å². The largest absolute Gasteiger partial charge is 0.505 e. The number of nitrogens with one attached hydrogen (secondary N) is 1. The van der Waals surface area contributed by atoms with Crippen molar-refractivity contribution >= 4 is 39.5 Å². The second-order valence-electron chi connectivity index (χ2n) is 2.66. The zero-order valence-electron chi connectivity index (χ0n) is 6.53. The molecule has 0 radical (unpaired) electrons. The normalized spacial score (nSPS) is 10.7. The third-order valence-corrected chi connectivity index (χ3v) is 2.43. The van der Waals surface area contributed by atoms with Gasteiger partial charge >= 0.3 is 7.12 Å². The Bertz CT molecular complexity index is 443. The fourth-order valence-electron chi connectivity index (χ4n) is 1.18. The lowest BCUT2D eigenvalue weighted by Crippen LogP contribution is -2.30. The molecule has 2 rings (SSSR count). The summed E-state index contributed by atoms with van der Waals surface area (Å²) < 4.78 is 0.688.